The zero-order valence-electron chi connectivity index (χ0n) is 21.1. The number of ether oxygens (including phenoxy) is 1. The average Bonchev–Trinajstić information content (AvgIpc) is 3.08. The van der Waals surface area contributed by atoms with Crippen molar-refractivity contribution >= 4 is 27.0 Å². The largest absolute Gasteiger partial charge is 0.469 e. The Balaban J connectivity index is 2.08. The van der Waals surface area contributed by atoms with Crippen molar-refractivity contribution in [1.82, 2.24) is 9.78 Å². The number of sulfone groups is 1. The van der Waals surface area contributed by atoms with Crippen molar-refractivity contribution in [2.24, 2.45) is 7.05 Å². The van der Waals surface area contributed by atoms with E-state index in [-0.39, 0.29) is 34.5 Å². The van der Waals surface area contributed by atoms with Gasteiger partial charge in [0, 0.05) is 24.4 Å². The Morgan fingerprint density at radius 3 is 2.17 bits per heavy atom. The molecule has 0 atom stereocenters. The Morgan fingerprint density at radius 1 is 0.971 bits per heavy atom. The highest BCUT2D eigenvalue weighted by molar-refractivity contribution is 7.90. The molecule has 0 aliphatic carbocycles. The van der Waals surface area contributed by atoms with E-state index >= 15 is 0 Å². The summed E-state index contributed by atoms with van der Waals surface area (Å²) < 4.78 is 32.2. The number of benzene rings is 2. The molecule has 0 saturated heterocycles. The minimum atomic E-state index is -3.52. The minimum absolute atomic E-state index is 0.179. The lowest BCUT2D eigenvalue weighted by molar-refractivity contribution is 0.0908. The first kappa shape index (κ1) is 26.1. The van der Waals surface area contributed by atoms with Crippen LogP contribution in [-0.2, 0) is 16.9 Å². The predicted molar refractivity (Wildman–Crippen MR) is 136 cm³/mol. The number of aromatic nitrogens is 2. The van der Waals surface area contributed by atoms with Gasteiger partial charge in [0.1, 0.15) is 5.56 Å². The summed E-state index contributed by atoms with van der Waals surface area (Å²) in [7, 11) is -1.88. The van der Waals surface area contributed by atoms with Gasteiger partial charge in [-0.05, 0) is 63.5 Å². The van der Waals surface area contributed by atoms with Gasteiger partial charge in [-0.1, -0.05) is 35.9 Å². The first-order chi connectivity index (χ1) is 16.3. The van der Waals surface area contributed by atoms with E-state index in [1.54, 1.807) is 45.2 Å². The molecule has 0 spiro atoms. The summed E-state index contributed by atoms with van der Waals surface area (Å²) in [4.78, 5) is 26.5. The van der Waals surface area contributed by atoms with Gasteiger partial charge in [-0.2, -0.15) is 5.10 Å². The number of allylic oxidation sites excluding steroid dienone is 2. The molecule has 0 amide bonds. The number of rotatable bonds is 8. The maximum Gasteiger partial charge on any atom is 0.223 e. The fraction of sp³-hybridized carbons (Fsp3) is 0.296. The molecule has 2 aromatic carbocycles. The lowest BCUT2D eigenvalue weighted by atomic mass is 9.91. The Morgan fingerprint density at radius 2 is 1.60 bits per heavy atom. The minimum Gasteiger partial charge on any atom is -0.469 e. The Labute approximate surface area is 206 Å². The molecule has 184 valence electrons. The molecule has 0 saturated carbocycles. The van der Waals surface area contributed by atoms with Crippen LogP contribution in [0.1, 0.15) is 63.9 Å². The molecule has 0 N–H and O–H groups in total. The Bertz CT molecular complexity index is 1440. The smallest absolute Gasteiger partial charge is 0.223 e. The third-order valence-corrected chi connectivity index (χ3v) is 7.17. The van der Waals surface area contributed by atoms with Crippen LogP contribution in [0.15, 0.2) is 52.9 Å². The summed E-state index contributed by atoms with van der Waals surface area (Å²) in [6, 6.07) is 11.8. The van der Waals surface area contributed by atoms with Crippen molar-refractivity contribution in [3.63, 3.8) is 0 Å². The number of ketones is 2. The van der Waals surface area contributed by atoms with Crippen LogP contribution < -0.4 is 4.74 Å². The lowest BCUT2D eigenvalue weighted by Crippen LogP contribution is -2.16. The van der Waals surface area contributed by atoms with Crippen LogP contribution >= 0.6 is 0 Å². The number of carbonyl (C=O) groups is 2. The second-order valence-corrected chi connectivity index (χ2v) is 10.8. The number of Topliss-reactive ketones (excluding diaryl/α,β-unsaturated/α-hetero) is 1. The molecule has 1 heterocycles. The monoisotopic (exact) mass is 494 g/mol. The van der Waals surface area contributed by atoms with Crippen LogP contribution in [0.25, 0.3) is 5.57 Å². The van der Waals surface area contributed by atoms with Crippen LogP contribution in [0.4, 0.5) is 0 Å². The maximum absolute atomic E-state index is 13.8. The van der Waals surface area contributed by atoms with Gasteiger partial charge in [-0.3, -0.25) is 9.59 Å². The summed E-state index contributed by atoms with van der Waals surface area (Å²) >= 11 is 0. The fourth-order valence-corrected chi connectivity index (χ4v) is 4.99. The maximum atomic E-state index is 13.8. The van der Waals surface area contributed by atoms with Crippen LogP contribution in [-0.4, -0.2) is 42.6 Å². The van der Waals surface area contributed by atoms with Gasteiger partial charge >= 0.3 is 0 Å². The summed E-state index contributed by atoms with van der Waals surface area (Å²) in [5.74, 6) is -0.389. The first-order valence-corrected chi connectivity index (χ1v) is 13.0. The topological polar surface area (TPSA) is 95.3 Å². The molecule has 8 heteroatoms. The third kappa shape index (κ3) is 5.27. The fourth-order valence-electron chi connectivity index (χ4n) is 4.00. The van der Waals surface area contributed by atoms with E-state index in [1.165, 1.54) is 16.8 Å². The number of aryl methyl sites for hydroxylation is 2. The van der Waals surface area contributed by atoms with Gasteiger partial charge in [0.25, 0.3) is 0 Å². The van der Waals surface area contributed by atoms with E-state index in [9.17, 15) is 18.0 Å². The van der Waals surface area contributed by atoms with Gasteiger partial charge in [-0.15, -0.1) is 0 Å². The zero-order chi connectivity index (χ0) is 26.1. The molecule has 0 fully saturated rings. The molecule has 0 aliphatic rings. The van der Waals surface area contributed by atoms with E-state index in [4.69, 9.17) is 4.74 Å². The number of carbonyl (C=O) groups excluding carboxylic acids is 2. The van der Waals surface area contributed by atoms with Crippen LogP contribution in [0.5, 0.6) is 5.88 Å². The summed E-state index contributed by atoms with van der Waals surface area (Å²) in [6.45, 7) is 8.83. The highest BCUT2D eigenvalue weighted by Crippen LogP contribution is 2.33. The molecule has 1 aromatic heterocycles. The molecular formula is C27H30N2O5S. The molecule has 7 nitrogen and oxygen atoms in total. The van der Waals surface area contributed by atoms with Crippen LogP contribution in [0, 0.1) is 13.8 Å². The second kappa shape index (κ2) is 10.00. The highest BCUT2D eigenvalue weighted by atomic mass is 32.2. The van der Waals surface area contributed by atoms with Gasteiger partial charge in [0.05, 0.1) is 10.6 Å². The van der Waals surface area contributed by atoms with Gasteiger partial charge in [0.2, 0.25) is 11.7 Å². The molecule has 0 unspecified atom stereocenters. The van der Waals surface area contributed by atoms with E-state index in [0.29, 0.717) is 27.9 Å². The van der Waals surface area contributed by atoms with Crippen molar-refractivity contribution in [3.8, 4) is 5.88 Å². The zero-order valence-corrected chi connectivity index (χ0v) is 21.9. The van der Waals surface area contributed by atoms with E-state index in [1.807, 2.05) is 26.8 Å². The molecule has 0 radical (unpaired) electrons. The van der Waals surface area contributed by atoms with Crippen LogP contribution in [0.2, 0.25) is 0 Å². The summed E-state index contributed by atoms with van der Waals surface area (Å²) in [6.07, 6.45) is 1.16. The summed E-state index contributed by atoms with van der Waals surface area (Å²) in [5.41, 5.74) is 4.38. The number of nitrogens with zero attached hydrogens (tertiary/aromatic N) is 2. The molecule has 0 bridgehead atoms. The molecule has 3 aromatic rings. The van der Waals surface area contributed by atoms with Gasteiger partial charge in [-0.25, -0.2) is 13.1 Å². The molecular weight excluding hydrogens is 464 g/mol. The standard InChI is InChI=1S/C27H30N2O5S/c1-16(2)17(3)24-18(4)21(13-14-23(24)35(7,32)33)26(31)25-19(5)28-29(6)27(25)34-15-22(30)20-11-9-8-10-12-20/h8-14H,15H2,1-7H3. The Kier molecular flexibility index (Phi) is 7.45. The lowest BCUT2D eigenvalue weighted by Gasteiger charge is -2.17. The molecule has 0 aliphatic heterocycles. The van der Waals surface area contributed by atoms with Crippen molar-refractivity contribution in [1.29, 1.82) is 0 Å². The number of hydrogen-bond acceptors (Lipinski definition) is 6. The van der Waals surface area contributed by atoms with Gasteiger partial charge in [0.15, 0.2) is 22.2 Å². The summed E-state index contributed by atoms with van der Waals surface area (Å²) in [5, 5.41) is 4.33. The van der Waals surface area contributed by atoms with Crippen molar-refractivity contribution in [2.45, 2.75) is 39.5 Å². The van der Waals surface area contributed by atoms with E-state index in [2.05, 4.69) is 5.10 Å². The normalized spacial score (nSPS) is 11.3. The van der Waals surface area contributed by atoms with Crippen LogP contribution in [0.3, 0.4) is 0 Å². The Hall–Kier alpha value is -3.52. The average molecular weight is 495 g/mol. The van der Waals surface area contributed by atoms with Crippen molar-refractivity contribution < 1.29 is 22.7 Å². The second-order valence-electron chi connectivity index (χ2n) is 8.80. The highest BCUT2D eigenvalue weighted by Gasteiger charge is 2.28. The van der Waals surface area contributed by atoms with E-state index < -0.39 is 9.84 Å². The molecule has 3 rings (SSSR count). The van der Waals surface area contributed by atoms with E-state index in [0.717, 1.165) is 17.4 Å². The SMILES string of the molecule is CC(C)=C(C)c1c(S(C)(=O)=O)ccc(C(=O)c2c(C)nn(C)c2OCC(=O)c2ccccc2)c1C. The van der Waals surface area contributed by atoms with Crippen molar-refractivity contribution in [2.75, 3.05) is 12.9 Å². The predicted octanol–water partition coefficient (Wildman–Crippen LogP) is 4.75. The van der Waals surface area contributed by atoms with Crippen molar-refractivity contribution in [3.05, 3.63) is 81.5 Å². The van der Waals surface area contributed by atoms with Gasteiger partial charge < -0.3 is 4.74 Å². The quantitative estimate of drug-likeness (QED) is 0.420. The third-order valence-electron chi connectivity index (χ3n) is 6.03. The first-order valence-electron chi connectivity index (χ1n) is 11.1. The number of hydrogen-bond donors (Lipinski definition) is 0. The molecule has 35 heavy (non-hydrogen) atoms.